The molecule has 21 heavy (non-hydrogen) atoms. The minimum Gasteiger partial charge on any atom is -0.379 e. The third-order valence-corrected chi connectivity index (χ3v) is 2.56. The van der Waals surface area contributed by atoms with Crippen molar-refractivity contribution >= 4 is 17.3 Å². The quantitative estimate of drug-likeness (QED) is 0.625. The average molecular weight is 305 g/mol. The molecule has 0 aliphatic rings. The van der Waals surface area contributed by atoms with Crippen LogP contribution >= 0.6 is 0 Å². The Bertz CT molecular complexity index is 532. The fourth-order valence-corrected chi connectivity index (χ4v) is 1.60. The first kappa shape index (κ1) is 16.7. The maximum atomic E-state index is 12.5. The van der Waals surface area contributed by atoms with Crippen molar-refractivity contribution in [1.29, 1.82) is 0 Å². The van der Waals surface area contributed by atoms with Crippen LogP contribution < -0.4 is 10.6 Å². The summed E-state index contributed by atoms with van der Waals surface area (Å²) >= 11 is 0. The Morgan fingerprint density at radius 3 is 2.57 bits per heavy atom. The van der Waals surface area contributed by atoms with Crippen molar-refractivity contribution in [1.82, 2.24) is 5.32 Å². The van der Waals surface area contributed by atoms with Gasteiger partial charge in [-0.2, -0.15) is 13.2 Å². The van der Waals surface area contributed by atoms with Crippen molar-refractivity contribution in [3.8, 4) is 0 Å². The van der Waals surface area contributed by atoms with E-state index in [2.05, 4.69) is 10.6 Å². The van der Waals surface area contributed by atoms with E-state index < -0.39 is 22.4 Å². The topological polar surface area (TPSA) is 84.3 Å². The molecule has 0 saturated heterocycles. The summed E-state index contributed by atoms with van der Waals surface area (Å²) in [6, 6.07) is 2.20. The number of hydrogen-bond acceptors (Lipinski definition) is 4. The molecule has 1 rings (SSSR count). The van der Waals surface area contributed by atoms with Gasteiger partial charge in [0.1, 0.15) is 5.69 Å². The molecule has 9 heteroatoms. The van der Waals surface area contributed by atoms with E-state index in [1.807, 2.05) is 0 Å². The van der Waals surface area contributed by atoms with Crippen LogP contribution in [0, 0.1) is 10.1 Å². The van der Waals surface area contributed by atoms with Gasteiger partial charge in [-0.15, -0.1) is 0 Å². The Labute approximate surface area is 118 Å². The van der Waals surface area contributed by atoms with Crippen molar-refractivity contribution in [3.05, 3.63) is 33.9 Å². The average Bonchev–Trinajstić information content (AvgIpc) is 2.37. The second-order valence-electron chi connectivity index (χ2n) is 4.12. The van der Waals surface area contributed by atoms with Crippen molar-refractivity contribution in [2.45, 2.75) is 19.5 Å². The number of halogens is 3. The number of benzene rings is 1. The zero-order valence-electron chi connectivity index (χ0n) is 11.2. The lowest BCUT2D eigenvalue weighted by Gasteiger charge is -2.10. The fraction of sp³-hybridized carbons (Fsp3) is 0.417. The summed E-state index contributed by atoms with van der Waals surface area (Å²) in [6.07, 6.45) is -4.59. The molecule has 1 aromatic carbocycles. The van der Waals surface area contributed by atoms with Crippen LogP contribution in [0.3, 0.4) is 0 Å². The third-order valence-electron chi connectivity index (χ3n) is 2.56. The first-order valence-corrected chi connectivity index (χ1v) is 6.12. The number of carbonyl (C=O) groups is 1. The molecule has 0 aliphatic carbocycles. The number of nitrogens with one attached hydrogen (secondary N) is 2. The summed E-state index contributed by atoms with van der Waals surface area (Å²) in [7, 11) is 0. The number of anilines is 1. The second kappa shape index (κ2) is 6.91. The Balaban J connectivity index is 2.83. The van der Waals surface area contributed by atoms with Crippen LogP contribution in [0.4, 0.5) is 24.5 Å². The van der Waals surface area contributed by atoms with Gasteiger partial charge in [0.25, 0.3) is 5.69 Å². The Hall–Kier alpha value is -2.32. The number of alkyl halides is 3. The van der Waals surface area contributed by atoms with Gasteiger partial charge in [0.2, 0.25) is 5.91 Å². The van der Waals surface area contributed by atoms with E-state index in [1.165, 1.54) is 0 Å². The lowest BCUT2D eigenvalue weighted by Crippen LogP contribution is -2.24. The lowest BCUT2D eigenvalue weighted by atomic mass is 10.1. The number of amides is 1. The molecule has 6 nitrogen and oxygen atoms in total. The van der Waals surface area contributed by atoms with Crippen molar-refractivity contribution < 1.29 is 22.9 Å². The predicted octanol–water partition coefficient (Wildman–Crippen LogP) is 2.55. The summed E-state index contributed by atoms with van der Waals surface area (Å²) in [5, 5.41) is 15.9. The van der Waals surface area contributed by atoms with Crippen LogP contribution in [0.15, 0.2) is 18.2 Å². The van der Waals surface area contributed by atoms with Crippen molar-refractivity contribution in [3.63, 3.8) is 0 Å². The molecule has 0 aliphatic heterocycles. The molecule has 0 fully saturated rings. The van der Waals surface area contributed by atoms with Crippen LogP contribution in [0.1, 0.15) is 18.9 Å². The molecule has 1 aromatic rings. The summed E-state index contributed by atoms with van der Waals surface area (Å²) < 4.78 is 37.5. The van der Waals surface area contributed by atoms with E-state index in [0.29, 0.717) is 12.6 Å². The lowest BCUT2D eigenvalue weighted by molar-refractivity contribution is -0.384. The van der Waals surface area contributed by atoms with Gasteiger partial charge in [0.05, 0.1) is 10.5 Å². The number of carbonyl (C=O) groups excluding carboxylic acids is 1. The van der Waals surface area contributed by atoms with Gasteiger partial charge in [-0.1, -0.05) is 0 Å². The number of rotatable bonds is 6. The van der Waals surface area contributed by atoms with Gasteiger partial charge < -0.3 is 10.6 Å². The van der Waals surface area contributed by atoms with Crippen molar-refractivity contribution in [2.75, 3.05) is 18.4 Å². The summed E-state index contributed by atoms with van der Waals surface area (Å²) in [4.78, 5) is 21.1. The zero-order valence-corrected chi connectivity index (χ0v) is 11.2. The molecule has 116 valence electrons. The highest BCUT2D eigenvalue weighted by molar-refractivity contribution is 5.76. The molecule has 0 aromatic heterocycles. The van der Waals surface area contributed by atoms with Crippen LogP contribution in [-0.4, -0.2) is 23.9 Å². The molecule has 0 saturated carbocycles. The molecule has 0 bridgehead atoms. The smallest absolute Gasteiger partial charge is 0.379 e. The highest BCUT2D eigenvalue weighted by Gasteiger charge is 2.32. The maximum absolute atomic E-state index is 12.5. The minimum absolute atomic E-state index is 0.0581. The fourth-order valence-electron chi connectivity index (χ4n) is 1.60. The van der Waals surface area contributed by atoms with E-state index in [9.17, 15) is 28.1 Å². The molecule has 0 atom stereocenters. The monoisotopic (exact) mass is 305 g/mol. The second-order valence-corrected chi connectivity index (χ2v) is 4.12. The third kappa shape index (κ3) is 4.93. The molecule has 0 heterocycles. The van der Waals surface area contributed by atoms with E-state index in [1.54, 1.807) is 6.92 Å². The molecule has 0 radical (unpaired) electrons. The van der Waals surface area contributed by atoms with E-state index in [-0.39, 0.29) is 24.6 Å². The zero-order chi connectivity index (χ0) is 16.0. The maximum Gasteiger partial charge on any atom is 0.416 e. The largest absolute Gasteiger partial charge is 0.416 e. The van der Waals surface area contributed by atoms with Gasteiger partial charge in [0, 0.05) is 25.6 Å². The Kier molecular flexibility index (Phi) is 5.51. The molecule has 2 N–H and O–H groups in total. The van der Waals surface area contributed by atoms with Gasteiger partial charge >= 0.3 is 6.18 Å². The first-order valence-electron chi connectivity index (χ1n) is 6.12. The Morgan fingerprint density at radius 2 is 2.05 bits per heavy atom. The van der Waals surface area contributed by atoms with Gasteiger partial charge in [-0.25, -0.2) is 0 Å². The van der Waals surface area contributed by atoms with Gasteiger partial charge in [0.15, 0.2) is 0 Å². The number of nitrogens with zero attached hydrogens (tertiary/aromatic N) is 1. The van der Waals surface area contributed by atoms with Crippen LogP contribution in [0.5, 0.6) is 0 Å². The van der Waals surface area contributed by atoms with E-state index in [4.69, 9.17) is 0 Å². The van der Waals surface area contributed by atoms with Gasteiger partial charge in [-0.3, -0.25) is 14.9 Å². The minimum atomic E-state index is -4.65. The highest BCUT2D eigenvalue weighted by atomic mass is 19.4. The van der Waals surface area contributed by atoms with Gasteiger partial charge in [-0.05, 0) is 19.1 Å². The number of nitro groups is 1. The first-order chi connectivity index (χ1) is 9.75. The Morgan fingerprint density at radius 1 is 1.38 bits per heavy atom. The summed E-state index contributed by atoms with van der Waals surface area (Å²) in [5.74, 6) is -0.250. The SMILES string of the molecule is CCNC(=O)CCNc1ccc(C(F)(F)F)cc1[N+](=O)[O-]. The van der Waals surface area contributed by atoms with Crippen molar-refractivity contribution in [2.24, 2.45) is 0 Å². The normalized spacial score (nSPS) is 11.0. The van der Waals surface area contributed by atoms with E-state index in [0.717, 1.165) is 12.1 Å². The summed E-state index contributed by atoms with van der Waals surface area (Å²) in [6.45, 7) is 2.28. The van der Waals surface area contributed by atoms with Crippen LogP contribution in [-0.2, 0) is 11.0 Å². The molecule has 0 unspecified atom stereocenters. The number of nitro benzene ring substituents is 1. The predicted molar refractivity (Wildman–Crippen MR) is 69.9 cm³/mol. The molecule has 0 spiro atoms. The van der Waals surface area contributed by atoms with Crippen LogP contribution in [0.25, 0.3) is 0 Å². The molecule has 1 amide bonds. The molecular weight excluding hydrogens is 291 g/mol. The summed E-state index contributed by atoms with van der Waals surface area (Å²) in [5.41, 5.74) is -1.83. The number of hydrogen-bond donors (Lipinski definition) is 2. The van der Waals surface area contributed by atoms with Crippen LogP contribution in [0.2, 0.25) is 0 Å². The molecular formula is C12H14F3N3O3. The standard InChI is InChI=1S/C12H14F3N3O3/c1-2-16-11(19)5-6-17-9-4-3-8(12(13,14)15)7-10(9)18(20)21/h3-4,7,17H,2,5-6H2,1H3,(H,16,19). The van der Waals surface area contributed by atoms with E-state index >= 15 is 0 Å². The highest BCUT2D eigenvalue weighted by Crippen LogP contribution is 2.34.